The summed E-state index contributed by atoms with van der Waals surface area (Å²) in [5.41, 5.74) is 1.90. The van der Waals surface area contributed by atoms with Crippen LogP contribution in [-0.4, -0.2) is 19.0 Å². The molecule has 0 aliphatic carbocycles. The lowest BCUT2D eigenvalue weighted by Crippen LogP contribution is -2.55. The highest BCUT2D eigenvalue weighted by Gasteiger charge is 2.54. The highest BCUT2D eigenvalue weighted by molar-refractivity contribution is 7.17. The summed E-state index contributed by atoms with van der Waals surface area (Å²) >= 11 is 7.45. The molecule has 5 nitrogen and oxygen atoms in total. The molecule has 1 N–H and O–H groups in total. The van der Waals surface area contributed by atoms with Gasteiger partial charge in [-0.15, -0.1) is 15.8 Å². The number of hydrogen-bond acceptors (Lipinski definition) is 4. The molecule has 1 aliphatic rings. The number of nitrogens with one attached hydrogen (secondary N) is 1. The second kappa shape index (κ2) is 8.28. The number of halogens is 1. The summed E-state index contributed by atoms with van der Waals surface area (Å²) in [6, 6.07) is 19.4. The van der Waals surface area contributed by atoms with Crippen molar-refractivity contribution in [3.8, 4) is 5.75 Å². The number of carbonyl (C=O) groups is 2. The molecular weight excluding hydrogens is 420 g/mol. The summed E-state index contributed by atoms with van der Waals surface area (Å²) < 4.78 is 5.15. The van der Waals surface area contributed by atoms with Gasteiger partial charge in [0, 0.05) is 18.2 Å². The maximum atomic E-state index is 13.6. The second-order valence-electron chi connectivity index (χ2n) is 6.53. The van der Waals surface area contributed by atoms with Crippen molar-refractivity contribution in [2.75, 3.05) is 7.11 Å². The number of rotatable bonds is 5. The van der Waals surface area contributed by atoms with Gasteiger partial charge in [0.25, 0.3) is 0 Å². The van der Waals surface area contributed by atoms with Crippen molar-refractivity contribution in [3.63, 3.8) is 0 Å². The standard InChI is InChI=1S/C23H17ClN2O3S/c1-29-18-10-7-16(8-11-18)9-14-22(27)26(17-5-3-2-4-6-17)19(15-25-23(26)28)20-12-13-21(24)30-20/h2-15H,1H3/p+1. The van der Waals surface area contributed by atoms with Crippen LogP contribution >= 0.6 is 22.9 Å². The van der Waals surface area contributed by atoms with E-state index in [4.69, 9.17) is 16.3 Å². The van der Waals surface area contributed by atoms with Gasteiger partial charge in [-0.05, 0) is 35.9 Å². The molecule has 3 aromatic rings. The Bertz CT molecular complexity index is 1150. The van der Waals surface area contributed by atoms with E-state index in [2.05, 4.69) is 5.32 Å². The molecule has 2 aromatic carbocycles. The molecule has 1 atom stereocenters. The molecule has 0 saturated heterocycles. The van der Waals surface area contributed by atoms with E-state index in [-0.39, 0.29) is 5.91 Å². The third kappa shape index (κ3) is 3.45. The van der Waals surface area contributed by atoms with Crippen molar-refractivity contribution in [2.24, 2.45) is 0 Å². The second-order valence-corrected chi connectivity index (χ2v) is 8.25. The van der Waals surface area contributed by atoms with Crippen molar-refractivity contribution >= 4 is 52.3 Å². The van der Waals surface area contributed by atoms with Crippen molar-refractivity contribution in [1.29, 1.82) is 0 Å². The molecule has 30 heavy (non-hydrogen) atoms. The predicted octanol–water partition coefficient (Wildman–Crippen LogP) is 5.68. The molecule has 0 saturated carbocycles. The van der Waals surface area contributed by atoms with Crippen LogP contribution in [0.2, 0.25) is 4.34 Å². The lowest BCUT2D eigenvalue weighted by Gasteiger charge is -2.27. The number of thiophene rings is 1. The minimum absolute atomic E-state index is 0.386. The van der Waals surface area contributed by atoms with E-state index in [0.717, 1.165) is 16.2 Å². The SMILES string of the molecule is COc1ccc(C=CC(=O)[N+]2(c3ccccc3)C(=O)NC=C2c2ccc(Cl)s2)cc1. The maximum absolute atomic E-state index is 13.6. The molecule has 150 valence electrons. The van der Waals surface area contributed by atoms with E-state index < -0.39 is 10.5 Å². The lowest BCUT2D eigenvalue weighted by atomic mass is 10.1. The van der Waals surface area contributed by atoms with Gasteiger partial charge in [0.05, 0.1) is 22.5 Å². The first-order valence-corrected chi connectivity index (χ1v) is 10.3. The molecule has 0 radical (unpaired) electrons. The third-order valence-corrected chi connectivity index (χ3v) is 6.09. The number of ether oxygens (including phenoxy) is 1. The Kier molecular flexibility index (Phi) is 5.55. The van der Waals surface area contributed by atoms with Crippen molar-refractivity contribution in [2.45, 2.75) is 0 Å². The monoisotopic (exact) mass is 437 g/mol. The first kappa shape index (κ1) is 20.1. The Balaban J connectivity index is 1.79. The molecule has 3 amide bonds. The zero-order valence-corrected chi connectivity index (χ0v) is 17.6. The number of hydrogen-bond donors (Lipinski definition) is 1. The summed E-state index contributed by atoms with van der Waals surface area (Å²) in [4.78, 5) is 27.5. The van der Waals surface area contributed by atoms with Gasteiger partial charge in [-0.25, -0.2) is 9.59 Å². The molecule has 0 bridgehead atoms. The molecule has 0 fully saturated rings. The smallest absolute Gasteiger partial charge is 0.438 e. The van der Waals surface area contributed by atoms with E-state index >= 15 is 0 Å². The number of amides is 3. The van der Waals surface area contributed by atoms with Crippen LogP contribution in [-0.2, 0) is 4.79 Å². The molecular formula is C23H18ClN2O3S+. The van der Waals surface area contributed by atoms with Gasteiger partial charge in [-0.3, -0.25) is 5.32 Å². The summed E-state index contributed by atoms with van der Waals surface area (Å²) in [5, 5.41) is 2.72. The van der Waals surface area contributed by atoms with Gasteiger partial charge in [0.2, 0.25) is 0 Å². The van der Waals surface area contributed by atoms with Gasteiger partial charge in [-0.1, -0.05) is 41.9 Å². The van der Waals surface area contributed by atoms with Crippen LogP contribution in [0, 0.1) is 0 Å². The molecule has 2 heterocycles. The first-order valence-electron chi connectivity index (χ1n) is 9.14. The number of benzene rings is 2. The zero-order valence-electron chi connectivity index (χ0n) is 16.0. The van der Waals surface area contributed by atoms with E-state index in [1.165, 1.54) is 17.4 Å². The van der Waals surface area contributed by atoms with Crippen LogP contribution < -0.4 is 14.5 Å². The minimum atomic E-state index is -0.593. The molecule has 0 spiro atoms. The van der Waals surface area contributed by atoms with E-state index in [9.17, 15) is 9.59 Å². The average Bonchev–Trinajstić information content (AvgIpc) is 3.36. The van der Waals surface area contributed by atoms with Crippen molar-refractivity contribution < 1.29 is 14.3 Å². The zero-order chi connectivity index (χ0) is 21.1. The number of methoxy groups -OCH3 is 1. The van der Waals surface area contributed by atoms with Gasteiger partial charge < -0.3 is 4.74 Å². The van der Waals surface area contributed by atoms with E-state index in [1.54, 1.807) is 49.7 Å². The van der Waals surface area contributed by atoms with E-state index in [0.29, 0.717) is 15.7 Å². The minimum Gasteiger partial charge on any atom is -0.497 e. The summed E-state index contributed by atoms with van der Waals surface area (Å²) in [6.07, 6.45) is 4.70. The number of para-hydroxylation sites is 1. The summed E-state index contributed by atoms with van der Waals surface area (Å²) in [6.45, 7) is 0. The average molecular weight is 438 g/mol. The van der Waals surface area contributed by atoms with Crippen LogP contribution in [0.1, 0.15) is 10.4 Å². The van der Waals surface area contributed by atoms with Gasteiger partial charge in [-0.2, -0.15) is 0 Å². The fourth-order valence-corrected chi connectivity index (χ4v) is 4.46. The Morgan fingerprint density at radius 2 is 1.80 bits per heavy atom. The van der Waals surface area contributed by atoms with Crippen LogP contribution in [0.15, 0.2) is 79.0 Å². The quantitative estimate of drug-likeness (QED) is 0.412. The van der Waals surface area contributed by atoms with Crippen LogP contribution in [0.3, 0.4) is 0 Å². The molecule has 4 rings (SSSR count). The van der Waals surface area contributed by atoms with Crippen LogP contribution in [0.25, 0.3) is 11.8 Å². The number of carbonyl (C=O) groups excluding carboxylic acids is 2. The largest absolute Gasteiger partial charge is 0.497 e. The normalized spacial score (nSPS) is 18.3. The Morgan fingerprint density at radius 3 is 2.43 bits per heavy atom. The fourth-order valence-electron chi connectivity index (χ4n) is 3.37. The Labute approximate surface area is 183 Å². The topological polar surface area (TPSA) is 55.4 Å². The van der Waals surface area contributed by atoms with E-state index in [1.807, 2.05) is 36.4 Å². The van der Waals surface area contributed by atoms with Gasteiger partial charge >= 0.3 is 11.9 Å². The number of imide groups is 1. The maximum Gasteiger partial charge on any atom is 0.438 e. The van der Waals surface area contributed by atoms with Gasteiger partial charge in [0.1, 0.15) is 5.75 Å². The summed E-state index contributed by atoms with van der Waals surface area (Å²) in [5.74, 6) is 0.341. The Hall–Kier alpha value is -3.19. The summed E-state index contributed by atoms with van der Waals surface area (Å²) in [7, 11) is 1.60. The third-order valence-electron chi connectivity index (χ3n) is 4.83. The van der Waals surface area contributed by atoms with Crippen LogP contribution in [0.4, 0.5) is 10.5 Å². The highest BCUT2D eigenvalue weighted by Crippen LogP contribution is 2.41. The van der Waals surface area contributed by atoms with Crippen molar-refractivity contribution in [3.05, 3.63) is 93.8 Å². The predicted molar refractivity (Wildman–Crippen MR) is 121 cm³/mol. The lowest BCUT2D eigenvalue weighted by molar-refractivity contribution is -0.120. The molecule has 1 aliphatic heterocycles. The number of quaternary nitrogens is 1. The van der Waals surface area contributed by atoms with Crippen LogP contribution in [0.5, 0.6) is 5.75 Å². The molecule has 7 heteroatoms. The number of urea groups is 1. The number of nitrogens with zero attached hydrogens (tertiary/aromatic N) is 1. The highest BCUT2D eigenvalue weighted by atomic mass is 35.5. The molecule has 1 unspecified atom stereocenters. The molecule has 1 aromatic heterocycles. The Morgan fingerprint density at radius 1 is 1.07 bits per heavy atom. The first-order chi connectivity index (χ1) is 14.6. The van der Waals surface area contributed by atoms with Crippen molar-refractivity contribution in [1.82, 2.24) is 9.80 Å². The van der Waals surface area contributed by atoms with Gasteiger partial charge in [0.15, 0.2) is 11.4 Å². The fraction of sp³-hybridized carbons (Fsp3) is 0.0435.